The zero-order chi connectivity index (χ0) is 7.78. The van der Waals surface area contributed by atoms with Crippen LogP contribution in [0.15, 0.2) is 0 Å². The zero-order valence-corrected chi connectivity index (χ0v) is 7.91. The van der Waals surface area contributed by atoms with Gasteiger partial charge in [0.05, 0.1) is 0 Å². The molecule has 0 heterocycles. The van der Waals surface area contributed by atoms with Gasteiger partial charge in [-0.1, -0.05) is 20.8 Å². The lowest BCUT2D eigenvalue weighted by molar-refractivity contribution is 0.228. The molecule has 0 aliphatic heterocycles. The van der Waals surface area contributed by atoms with E-state index in [1.165, 1.54) is 19.3 Å². The molecule has 0 aromatic heterocycles. The largest absolute Gasteiger partial charge is 0.123 e. The molecule has 0 N–H and O–H groups in total. The van der Waals surface area contributed by atoms with Crippen molar-refractivity contribution in [3.05, 3.63) is 0 Å². The van der Waals surface area contributed by atoms with E-state index in [0.717, 1.165) is 5.92 Å². The molecular formula is C9H17Cl. The van der Waals surface area contributed by atoms with Crippen LogP contribution < -0.4 is 0 Å². The predicted molar refractivity (Wildman–Crippen MR) is 46.4 cm³/mol. The quantitative estimate of drug-likeness (QED) is 0.516. The molecule has 1 rings (SSSR count). The van der Waals surface area contributed by atoms with E-state index in [1.807, 2.05) is 0 Å². The summed E-state index contributed by atoms with van der Waals surface area (Å²) in [5.74, 6) is 0.788. The van der Waals surface area contributed by atoms with Gasteiger partial charge in [-0.3, -0.25) is 0 Å². The van der Waals surface area contributed by atoms with Gasteiger partial charge in [0, 0.05) is 5.38 Å². The van der Waals surface area contributed by atoms with Crippen LogP contribution in [0.2, 0.25) is 0 Å². The highest BCUT2D eigenvalue weighted by Gasteiger charge is 2.36. The van der Waals surface area contributed by atoms with Crippen LogP contribution in [-0.4, -0.2) is 5.38 Å². The Bertz CT molecular complexity index is 120. The van der Waals surface area contributed by atoms with Gasteiger partial charge in [-0.05, 0) is 30.6 Å². The molecular weight excluding hydrogens is 144 g/mol. The topological polar surface area (TPSA) is 0 Å². The molecule has 0 saturated heterocycles. The molecule has 0 spiro atoms. The van der Waals surface area contributed by atoms with E-state index in [9.17, 15) is 0 Å². The lowest BCUT2D eigenvalue weighted by atomic mass is 9.78. The first-order valence-electron chi connectivity index (χ1n) is 4.19. The summed E-state index contributed by atoms with van der Waals surface area (Å²) >= 11 is 6.04. The van der Waals surface area contributed by atoms with Gasteiger partial charge >= 0.3 is 0 Å². The minimum atomic E-state index is 0.451. The highest BCUT2D eigenvalue weighted by Crippen LogP contribution is 2.45. The van der Waals surface area contributed by atoms with Gasteiger partial charge in [0.15, 0.2) is 0 Å². The van der Waals surface area contributed by atoms with E-state index >= 15 is 0 Å². The molecule has 0 bridgehead atoms. The molecule has 2 atom stereocenters. The minimum absolute atomic E-state index is 0.451. The highest BCUT2D eigenvalue weighted by atomic mass is 35.5. The summed E-state index contributed by atoms with van der Waals surface area (Å²) in [6.45, 7) is 6.96. The van der Waals surface area contributed by atoms with Crippen molar-refractivity contribution in [2.75, 3.05) is 0 Å². The Morgan fingerprint density at radius 1 is 1.50 bits per heavy atom. The maximum Gasteiger partial charge on any atom is 0.0341 e. The molecule has 10 heavy (non-hydrogen) atoms. The number of hydrogen-bond acceptors (Lipinski definition) is 0. The fourth-order valence-electron chi connectivity index (χ4n) is 1.72. The average Bonchev–Trinajstić information content (AvgIpc) is 2.13. The molecule has 1 aliphatic rings. The van der Waals surface area contributed by atoms with Gasteiger partial charge in [-0.2, -0.15) is 0 Å². The van der Waals surface area contributed by atoms with E-state index < -0.39 is 0 Å². The Balaban J connectivity index is 2.54. The van der Waals surface area contributed by atoms with Crippen molar-refractivity contribution in [1.29, 1.82) is 0 Å². The first-order valence-corrected chi connectivity index (χ1v) is 4.62. The molecule has 1 saturated carbocycles. The number of hydrogen-bond donors (Lipinski definition) is 0. The molecule has 0 aromatic rings. The van der Waals surface area contributed by atoms with Gasteiger partial charge < -0.3 is 0 Å². The molecule has 0 aromatic carbocycles. The molecule has 60 valence electrons. The van der Waals surface area contributed by atoms with E-state index in [4.69, 9.17) is 11.6 Å². The third-order valence-corrected chi connectivity index (χ3v) is 3.48. The summed E-state index contributed by atoms with van der Waals surface area (Å²) in [5.41, 5.74) is 0.534. The first kappa shape index (κ1) is 8.39. The van der Waals surface area contributed by atoms with Crippen molar-refractivity contribution < 1.29 is 0 Å². The van der Waals surface area contributed by atoms with Crippen LogP contribution in [0.25, 0.3) is 0 Å². The summed E-state index contributed by atoms with van der Waals surface area (Å²) in [7, 11) is 0. The van der Waals surface area contributed by atoms with Crippen molar-refractivity contribution >= 4 is 11.6 Å². The van der Waals surface area contributed by atoms with E-state index in [2.05, 4.69) is 20.8 Å². The van der Waals surface area contributed by atoms with E-state index in [1.54, 1.807) is 0 Å². The van der Waals surface area contributed by atoms with Crippen LogP contribution in [0.5, 0.6) is 0 Å². The second kappa shape index (κ2) is 2.73. The Morgan fingerprint density at radius 3 is 2.30 bits per heavy atom. The van der Waals surface area contributed by atoms with Crippen molar-refractivity contribution in [1.82, 2.24) is 0 Å². The van der Waals surface area contributed by atoms with Gasteiger partial charge in [-0.25, -0.2) is 0 Å². The van der Waals surface area contributed by atoms with Crippen molar-refractivity contribution in [3.8, 4) is 0 Å². The first-order chi connectivity index (χ1) is 4.54. The Labute approximate surface area is 69.0 Å². The van der Waals surface area contributed by atoms with Crippen molar-refractivity contribution in [3.63, 3.8) is 0 Å². The van der Waals surface area contributed by atoms with E-state index in [-0.39, 0.29) is 0 Å². The maximum absolute atomic E-state index is 6.04. The highest BCUT2D eigenvalue weighted by molar-refractivity contribution is 6.20. The summed E-state index contributed by atoms with van der Waals surface area (Å²) < 4.78 is 0. The summed E-state index contributed by atoms with van der Waals surface area (Å²) in [4.78, 5) is 0. The lowest BCUT2D eigenvalue weighted by Gasteiger charge is -2.28. The molecule has 0 amide bonds. The fourth-order valence-corrected chi connectivity index (χ4v) is 2.18. The number of halogens is 1. The lowest BCUT2D eigenvalue weighted by Crippen LogP contribution is -2.19. The molecule has 1 fully saturated rings. The average molecular weight is 161 g/mol. The normalized spacial score (nSPS) is 41.1. The van der Waals surface area contributed by atoms with Crippen LogP contribution in [0.1, 0.15) is 40.0 Å². The second-order valence-corrected chi connectivity index (χ2v) is 4.77. The fraction of sp³-hybridized carbons (Fsp3) is 1.00. The monoisotopic (exact) mass is 160 g/mol. The number of rotatable bonds is 1. The van der Waals surface area contributed by atoms with Gasteiger partial charge in [-0.15, -0.1) is 11.6 Å². The third-order valence-electron chi connectivity index (χ3n) is 3.11. The molecule has 1 aliphatic carbocycles. The Hall–Kier alpha value is 0.290. The standard InChI is InChI=1S/C9H17Cl/c1-7(2)9(3)5-4-8(10)6-9/h7-8H,4-6H2,1-3H3. The van der Waals surface area contributed by atoms with Crippen LogP contribution in [0.4, 0.5) is 0 Å². The van der Waals surface area contributed by atoms with Gasteiger partial charge in [0.1, 0.15) is 0 Å². The smallest absolute Gasteiger partial charge is 0.0341 e. The minimum Gasteiger partial charge on any atom is -0.123 e. The summed E-state index contributed by atoms with van der Waals surface area (Å²) in [6.07, 6.45) is 3.75. The zero-order valence-electron chi connectivity index (χ0n) is 7.15. The van der Waals surface area contributed by atoms with Crippen LogP contribution in [0, 0.1) is 11.3 Å². The maximum atomic E-state index is 6.04. The molecule has 2 unspecified atom stereocenters. The predicted octanol–water partition coefficient (Wildman–Crippen LogP) is 3.44. The third kappa shape index (κ3) is 1.47. The van der Waals surface area contributed by atoms with Gasteiger partial charge in [0.2, 0.25) is 0 Å². The molecule has 1 heteroatoms. The van der Waals surface area contributed by atoms with Crippen LogP contribution in [0.3, 0.4) is 0 Å². The van der Waals surface area contributed by atoms with Crippen molar-refractivity contribution in [2.45, 2.75) is 45.4 Å². The van der Waals surface area contributed by atoms with E-state index in [0.29, 0.717) is 10.8 Å². The molecule has 0 nitrogen and oxygen atoms in total. The van der Waals surface area contributed by atoms with Crippen LogP contribution in [-0.2, 0) is 0 Å². The Kier molecular flexibility index (Phi) is 2.29. The van der Waals surface area contributed by atoms with Gasteiger partial charge in [0.25, 0.3) is 0 Å². The molecule has 0 radical (unpaired) electrons. The Morgan fingerprint density at radius 2 is 2.10 bits per heavy atom. The van der Waals surface area contributed by atoms with Crippen LogP contribution >= 0.6 is 11.6 Å². The SMILES string of the molecule is CC(C)C1(C)CCC(Cl)C1. The summed E-state index contributed by atoms with van der Waals surface area (Å²) in [5, 5.41) is 0.451. The number of alkyl halides is 1. The summed E-state index contributed by atoms with van der Waals surface area (Å²) in [6, 6.07) is 0. The van der Waals surface area contributed by atoms with Crippen molar-refractivity contribution in [2.24, 2.45) is 11.3 Å². The second-order valence-electron chi connectivity index (χ2n) is 4.15.